The zero-order chi connectivity index (χ0) is 13.7. The molecule has 0 saturated heterocycles. The number of rotatable bonds is 4. The number of nitrogens with zero attached hydrogens (tertiary/aromatic N) is 2. The lowest BCUT2D eigenvalue weighted by molar-refractivity contribution is -0.136. The van der Waals surface area contributed by atoms with Crippen molar-refractivity contribution in [2.75, 3.05) is 0 Å². The van der Waals surface area contributed by atoms with Crippen LogP contribution in [0, 0.1) is 11.5 Å². The molecule has 0 spiro atoms. The Hall–Kier alpha value is -2.87. The van der Waals surface area contributed by atoms with Gasteiger partial charge in [-0.25, -0.2) is 4.98 Å². The lowest BCUT2D eigenvalue weighted by atomic mass is 10.1. The summed E-state index contributed by atoms with van der Waals surface area (Å²) in [5.74, 6) is -0.634. The van der Waals surface area contributed by atoms with E-state index in [1.165, 1.54) is 0 Å². The minimum absolute atomic E-state index is 0.00864. The molecule has 1 aromatic carbocycles. The number of aromatic nitrogens is 1. The summed E-state index contributed by atoms with van der Waals surface area (Å²) < 4.78 is 4.66. The molecule has 0 unspecified atom stereocenters. The maximum atomic E-state index is 10.6. The molecule has 1 N–H and O–H groups in total. The number of hydrogen-bond acceptors (Lipinski definition) is 4. The van der Waals surface area contributed by atoms with Crippen molar-refractivity contribution >= 4 is 5.97 Å². The van der Waals surface area contributed by atoms with Gasteiger partial charge in [-0.3, -0.25) is 4.79 Å². The van der Waals surface area contributed by atoms with E-state index in [4.69, 9.17) is 10.4 Å². The molecule has 0 amide bonds. The Morgan fingerprint density at radius 3 is 2.63 bits per heavy atom. The quantitative estimate of drug-likeness (QED) is 0.846. The number of benzene rings is 1. The van der Waals surface area contributed by atoms with Gasteiger partial charge in [0.2, 0.25) is 5.88 Å². The molecular weight excluding hydrogens is 244 g/mol. The molecule has 0 bridgehead atoms. The first-order chi connectivity index (χ1) is 9.19. The van der Waals surface area contributed by atoms with E-state index in [1.54, 1.807) is 48.7 Å². The van der Waals surface area contributed by atoms with Crippen LogP contribution in [0.15, 0.2) is 42.5 Å². The number of carboxylic acid groups (broad SMARTS) is 1. The second kappa shape index (κ2) is 5.65. The normalized spacial score (nSPS) is 9.63. The number of hydrogen-bond donors (Lipinski definition) is 1. The largest absolute Gasteiger partial charge is 0.481 e. The van der Waals surface area contributed by atoms with Gasteiger partial charge in [0.25, 0.3) is 6.26 Å². The summed E-state index contributed by atoms with van der Waals surface area (Å²) in [4.78, 5) is 14.7. The van der Waals surface area contributed by atoms with Gasteiger partial charge in [0.05, 0.1) is 12.1 Å². The van der Waals surface area contributed by atoms with Gasteiger partial charge in [0, 0.05) is 11.6 Å². The third-order valence-electron chi connectivity index (χ3n) is 2.48. The standard InChI is InChI=1S/C14H10N2O3/c15-9-19-13-3-1-2-12(16-13)11-6-4-10(5-7-11)8-14(17)18/h1-7H,8H2,(H,17,18). The summed E-state index contributed by atoms with van der Waals surface area (Å²) in [7, 11) is 0. The topological polar surface area (TPSA) is 83.2 Å². The van der Waals surface area contributed by atoms with E-state index < -0.39 is 5.97 Å². The molecular formula is C14H10N2O3. The van der Waals surface area contributed by atoms with Gasteiger partial charge in [-0.2, -0.15) is 0 Å². The summed E-state index contributed by atoms with van der Waals surface area (Å²) in [6.07, 6.45) is 1.56. The molecule has 0 fully saturated rings. The van der Waals surface area contributed by atoms with E-state index in [-0.39, 0.29) is 12.3 Å². The van der Waals surface area contributed by atoms with Crippen LogP contribution in [0.25, 0.3) is 11.3 Å². The van der Waals surface area contributed by atoms with E-state index >= 15 is 0 Å². The Kier molecular flexibility index (Phi) is 3.74. The van der Waals surface area contributed by atoms with E-state index in [2.05, 4.69) is 9.72 Å². The molecule has 1 aromatic heterocycles. The van der Waals surface area contributed by atoms with Crippen molar-refractivity contribution in [1.29, 1.82) is 5.26 Å². The molecule has 1 heterocycles. The van der Waals surface area contributed by atoms with Crippen LogP contribution in [-0.2, 0) is 11.2 Å². The van der Waals surface area contributed by atoms with Crippen LogP contribution in [0.3, 0.4) is 0 Å². The monoisotopic (exact) mass is 254 g/mol. The Bertz CT molecular complexity index is 630. The minimum Gasteiger partial charge on any atom is -0.481 e. The van der Waals surface area contributed by atoms with Gasteiger partial charge < -0.3 is 9.84 Å². The fraction of sp³-hybridized carbons (Fsp3) is 0.0714. The highest BCUT2D eigenvalue weighted by Crippen LogP contribution is 2.20. The summed E-state index contributed by atoms with van der Waals surface area (Å²) in [5, 5.41) is 17.1. The molecule has 0 atom stereocenters. The number of carbonyl (C=O) groups is 1. The molecule has 0 aliphatic rings. The molecule has 2 aromatic rings. The van der Waals surface area contributed by atoms with Crippen molar-refractivity contribution in [1.82, 2.24) is 4.98 Å². The molecule has 94 valence electrons. The molecule has 19 heavy (non-hydrogen) atoms. The summed E-state index contributed by atoms with van der Waals surface area (Å²) >= 11 is 0. The van der Waals surface area contributed by atoms with Crippen LogP contribution in [0.2, 0.25) is 0 Å². The number of ether oxygens (including phenoxy) is 1. The zero-order valence-corrected chi connectivity index (χ0v) is 9.91. The molecule has 5 nitrogen and oxygen atoms in total. The summed E-state index contributed by atoms with van der Waals surface area (Å²) in [6, 6.07) is 12.2. The zero-order valence-electron chi connectivity index (χ0n) is 9.91. The van der Waals surface area contributed by atoms with Gasteiger partial charge in [-0.05, 0) is 11.6 Å². The van der Waals surface area contributed by atoms with E-state index in [0.29, 0.717) is 5.69 Å². The fourth-order valence-electron chi connectivity index (χ4n) is 1.65. The maximum Gasteiger partial charge on any atom is 0.307 e. The first-order valence-corrected chi connectivity index (χ1v) is 5.53. The minimum atomic E-state index is -0.865. The average molecular weight is 254 g/mol. The number of pyridine rings is 1. The third-order valence-corrected chi connectivity index (χ3v) is 2.48. The maximum absolute atomic E-state index is 10.6. The summed E-state index contributed by atoms with van der Waals surface area (Å²) in [5.41, 5.74) is 2.22. The van der Waals surface area contributed by atoms with Crippen LogP contribution in [0.4, 0.5) is 0 Å². The molecule has 0 saturated carbocycles. The lowest BCUT2D eigenvalue weighted by Gasteiger charge is -2.03. The second-order valence-electron chi connectivity index (χ2n) is 3.82. The van der Waals surface area contributed by atoms with Crippen molar-refractivity contribution in [3.63, 3.8) is 0 Å². The second-order valence-corrected chi connectivity index (χ2v) is 3.82. The lowest BCUT2D eigenvalue weighted by Crippen LogP contribution is -1.99. The third kappa shape index (κ3) is 3.30. The highest BCUT2D eigenvalue weighted by molar-refractivity contribution is 5.70. The molecule has 0 radical (unpaired) electrons. The van der Waals surface area contributed by atoms with Crippen molar-refractivity contribution in [2.45, 2.75) is 6.42 Å². The molecule has 2 rings (SSSR count). The van der Waals surface area contributed by atoms with Gasteiger partial charge in [0.15, 0.2) is 0 Å². The van der Waals surface area contributed by atoms with Crippen LogP contribution in [0.1, 0.15) is 5.56 Å². The highest BCUT2D eigenvalue weighted by atomic mass is 16.5. The van der Waals surface area contributed by atoms with Gasteiger partial charge in [0.1, 0.15) is 0 Å². The Balaban J connectivity index is 2.24. The Morgan fingerprint density at radius 2 is 2.00 bits per heavy atom. The van der Waals surface area contributed by atoms with Crippen LogP contribution in [-0.4, -0.2) is 16.1 Å². The van der Waals surface area contributed by atoms with Gasteiger partial charge in [-0.15, -0.1) is 5.26 Å². The first kappa shape index (κ1) is 12.6. The van der Waals surface area contributed by atoms with Crippen molar-refractivity contribution in [3.05, 3.63) is 48.0 Å². The van der Waals surface area contributed by atoms with Crippen LogP contribution >= 0.6 is 0 Å². The Labute approximate surface area is 109 Å². The predicted octanol–water partition coefficient (Wildman–Crippen LogP) is 2.24. The van der Waals surface area contributed by atoms with Crippen molar-refractivity contribution in [2.24, 2.45) is 0 Å². The number of aliphatic carboxylic acids is 1. The highest BCUT2D eigenvalue weighted by Gasteiger charge is 2.04. The summed E-state index contributed by atoms with van der Waals surface area (Å²) in [6.45, 7) is 0. The number of carboxylic acids is 1. The first-order valence-electron chi connectivity index (χ1n) is 5.53. The van der Waals surface area contributed by atoms with Crippen molar-refractivity contribution in [3.8, 4) is 23.4 Å². The number of nitriles is 1. The molecule has 0 aliphatic carbocycles. The van der Waals surface area contributed by atoms with E-state index in [1.807, 2.05) is 0 Å². The smallest absolute Gasteiger partial charge is 0.307 e. The molecule has 0 aliphatic heterocycles. The van der Waals surface area contributed by atoms with Crippen molar-refractivity contribution < 1.29 is 14.6 Å². The van der Waals surface area contributed by atoms with E-state index in [0.717, 1.165) is 11.1 Å². The fourth-order valence-corrected chi connectivity index (χ4v) is 1.65. The molecule has 5 heteroatoms. The van der Waals surface area contributed by atoms with Crippen LogP contribution < -0.4 is 4.74 Å². The van der Waals surface area contributed by atoms with E-state index in [9.17, 15) is 4.79 Å². The van der Waals surface area contributed by atoms with Crippen LogP contribution in [0.5, 0.6) is 5.88 Å². The Morgan fingerprint density at radius 1 is 1.26 bits per heavy atom. The SMILES string of the molecule is N#COc1cccc(-c2ccc(CC(=O)O)cc2)n1. The van der Waals surface area contributed by atoms with Gasteiger partial charge in [-0.1, -0.05) is 30.3 Å². The average Bonchev–Trinajstić information content (AvgIpc) is 2.40. The van der Waals surface area contributed by atoms with Gasteiger partial charge >= 0.3 is 5.97 Å². The predicted molar refractivity (Wildman–Crippen MR) is 67.3 cm³/mol.